The molecule has 2 fully saturated rings. The first-order chi connectivity index (χ1) is 5.11. The van der Waals surface area contributed by atoms with Crippen molar-refractivity contribution < 1.29 is 4.79 Å². The Hall–Kier alpha value is -0.330. The second-order valence-corrected chi connectivity index (χ2v) is 4.96. The summed E-state index contributed by atoms with van der Waals surface area (Å²) in [5.41, 5.74) is 0.584. The average molecular weight is 152 g/mol. The summed E-state index contributed by atoms with van der Waals surface area (Å²) in [5.74, 6) is 0.701. The highest BCUT2D eigenvalue weighted by Gasteiger charge is 2.60. The van der Waals surface area contributed by atoms with Crippen LogP contribution in [0.3, 0.4) is 0 Å². The van der Waals surface area contributed by atoms with Crippen molar-refractivity contribution in [2.45, 2.75) is 39.5 Å². The van der Waals surface area contributed by atoms with Gasteiger partial charge in [0, 0.05) is 5.41 Å². The Kier molecular flexibility index (Phi) is 1.25. The Labute approximate surface area is 68.2 Å². The molecule has 2 aliphatic rings. The number of hydrogen-bond donors (Lipinski definition) is 0. The number of carbonyl (C=O) groups excluding carboxylic acids is 1. The molecule has 2 atom stereocenters. The average Bonchev–Trinajstić information content (AvgIpc) is 2.28. The van der Waals surface area contributed by atoms with Crippen molar-refractivity contribution in [3.8, 4) is 0 Å². The Balaban J connectivity index is 2.23. The normalized spacial score (nSPS) is 46.2. The standard InChI is InChI=1S/C10H16O/c1-9(2)6-10(7-11)5-3-4-8(9)10/h7-8H,3-6H2,1-2H3/t8-,10+/m1/s1. The number of hydrogen-bond acceptors (Lipinski definition) is 1. The van der Waals surface area contributed by atoms with Crippen LogP contribution in [-0.2, 0) is 4.79 Å². The molecule has 2 rings (SSSR count). The second-order valence-electron chi connectivity index (χ2n) is 4.96. The fraction of sp³-hybridized carbons (Fsp3) is 0.900. The summed E-state index contributed by atoms with van der Waals surface area (Å²) in [7, 11) is 0. The van der Waals surface area contributed by atoms with Crippen LogP contribution in [0.5, 0.6) is 0 Å². The number of aldehydes is 1. The van der Waals surface area contributed by atoms with E-state index in [2.05, 4.69) is 13.8 Å². The summed E-state index contributed by atoms with van der Waals surface area (Å²) in [6, 6.07) is 0. The summed E-state index contributed by atoms with van der Waals surface area (Å²) in [5, 5.41) is 0. The Morgan fingerprint density at radius 1 is 1.45 bits per heavy atom. The molecule has 0 aromatic carbocycles. The van der Waals surface area contributed by atoms with E-state index in [1.807, 2.05) is 0 Å². The summed E-state index contributed by atoms with van der Waals surface area (Å²) < 4.78 is 0. The van der Waals surface area contributed by atoms with Crippen molar-refractivity contribution in [3.63, 3.8) is 0 Å². The third-order valence-corrected chi connectivity index (χ3v) is 3.79. The topological polar surface area (TPSA) is 17.1 Å². The highest BCUT2D eigenvalue weighted by Crippen LogP contribution is 2.65. The number of fused-ring (bicyclic) bond motifs is 1. The predicted octanol–water partition coefficient (Wildman–Crippen LogP) is 2.40. The zero-order valence-electron chi connectivity index (χ0n) is 7.39. The third-order valence-electron chi connectivity index (χ3n) is 3.79. The molecule has 0 N–H and O–H groups in total. The van der Waals surface area contributed by atoms with Crippen LogP contribution in [-0.4, -0.2) is 6.29 Å². The van der Waals surface area contributed by atoms with Crippen LogP contribution in [0.15, 0.2) is 0 Å². The van der Waals surface area contributed by atoms with Crippen LogP contribution in [0, 0.1) is 16.7 Å². The monoisotopic (exact) mass is 152 g/mol. The molecule has 1 heteroatoms. The van der Waals surface area contributed by atoms with Gasteiger partial charge in [-0.05, 0) is 30.6 Å². The zero-order valence-corrected chi connectivity index (χ0v) is 7.39. The van der Waals surface area contributed by atoms with Crippen molar-refractivity contribution in [2.24, 2.45) is 16.7 Å². The first-order valence-electron chi connectivity index (χ1n) is 4.57. The third kappa shape index (κ3) is 0.743. The van der Waals surface area contributed by atoms with Gasteiger partial charge in [-0.2, -0.15) is 0 Å². The minimum Gasteiger partial charge on any atom is -0.303 e. The molecule has 0 aromatic heterocycles. The minimum atomic E-state index is 0.128. The smallest absolute Gasteiger partial charge is 0.126 e. The maximum atomic E-state index is 10.9. The Morgan fingerprint density at radius 3 is 2.64 bits per heavy atom. The maximum absolute atomic E-state index is 10.9. The summed E-state index contributed by atoms with van der Waals surface area (Å²) in [4.78, 5) is 10.9. The van der Waals surface area contributed by atoms with Crippen LogP contribution in [0.4, 0.5) is 0 Å². The van der Waals surface area contributed by atoms with E-state index in [9.17, 15) is 4.79 Å². The molecule has 2 saturated carbocycles. The quantitative estimate of drug-likeness (QED) is 0.527. The van der Waals surface area contributed by atoms with Gasteiger partial charge < -0.3 is 4.79 Å². The molecule has 0 heterocycles. The lowest BCUT2D eigenvalue weighted by molar-refractivity contribution is -0.139. The minimum absolute atomic E-state index is 0.128. The van der Waals surface area contributed by atoms with Gasteiger partial charge in [0.1, 0.15) is 6.29 Å². The molecular weight excluding hydrogens is 136 g/mol. The van der Waals surface area contributed by atoms with Gasteiger partial charge >= 0.3 is 0 Å². The van der Waals surface area contributed by atoms with Crippen LogP contribution in [0.25, 0.3) is 0 Å². The Bertz CT molecular complexity index is 195. The molecule has 62 valence electrons. The van der Waals surface area contributed by atoms with Crippen LogP contribution < -0.4 is 0 Å². The molecule has 0 spiro atoms. The van der Waals surface area contributed by atoms with E-state index in [0.29, 0.717) is 11.3 Å². The fourth-order valence-electron chi connectivity index (χ4n) is 3.50. The van der Waals surface area contributed by atoms with E-state index in [1.54, 1.807) is 0 Å². The highest BCUT2D eigenvalue weighted by molar-refractivity contribution is 5.63. The second kappa shape index (κ2) is 1.88. The van der Waals surface area contributed by atoms with E-state index < -0.39 is 0 Å². The SMILES string of the molecule is CC1(C)C[C@]2(C=O)CCC[C@H]12. The summed E-state index contributed by atoms with van der Waals surface area (Å²) >= 11 is 0. The summed E-state index contributed by atoms with van der Waals surface area (Å²) in [6.45, 7) is 4.59. The molecule has 0 aliphatic heterocycles. The molecule has 1 nitrogen and oxygen atoms in total. The largest absolute Gasteiger partial charge is 0.303 e. The van der Waals surface area contributed by atoms with Crippen molar-refractivity contribution in [1.82, 2.24) is 0 Å². The van der Waals surface area contributed by atoms with Crippen LogP contribution in [0.1, 0.15) is 39.5 Å². The van der Waals surface area contributed by atoms with E-state index in [1.165, 1.54) is 19.1 Å². The lowest BCUT2D eigenvalue weighted by Gasteiger charge is -2.54. The predicted molar refractivity (Wildman–Crippen MR) is 44.2 cm³/mol. The first kappa shape index (κ1) is 7.33. The molecule has 0 radical (unpaired) electrons. The van der Waals surface area contributed by atoms with Crippen molar-refractivity contribution >= 4 is 6.29 Å². The molecule has 0 bridgehead atoms. The van der Waals surface area contributed by atoms with Gasteiger partial charge in [-0.15, -0.1) is 0 Å². The summed E-state index contributed by atoms with van der Waals surface area (Å²) in [6.07, 6.45) is 6.08. The number of rotatable bonds is 1. The van der Waals surface area contributed by atoms with Gasteiger partial charge in [0.25, 0.3) is 0 Å². The van der Waals surface area contributed by atoms with E-state index in [4.69, 9.17) is 0 Å². The van der Waals surface area contributed by atoms with Gasteiger partial charge in [-0.1, -0.05) is 20.3 Å². The highest BCUT2D eigenvalue weighted by atomic mass is 16.1. The lowest BCUT2D eigenvalue weighted by Crippen LogP contribution is -2.51. The fourth-order valence-corrected chi connectivity index (χ4v) is 3.50. The van der Waals surface area contributed by atoms with E-state index >= 15 is 0 Å². The maximum Gasteiger partial charge on any atom is 0.126 e. The molecule has 0 aromatic rings. The van der Waals surface area contributed by atoms with Crippen molar-refractivity contribution in [3.05, 3.63) is 0 Å². The van der Waals surface area contributed by atoms with Gasteiger partial charge in [-0.3, -0.25) is 0 Å². The van der Waals surface area contributed by atoms with Gasteiger partial charge in [0.15, 0.2) is 0 Å². The molecule has 11 heavy (non-hydrogen) atoms. The van der Waals surface area contributed by atoms with Gasteiger partial charge in [-0.25, -0.2) is 0 Å². The van der Waals surface area contributed by atoms with Crippen molar-refractivity contribution in [2.75, 3.05) is 0 Å². The van der Waals surface area contributed by atoms with E-state index in [-0.39, 0.29) is 5.41 Å². The first-order valence-corrected chi connectivity index (χ1v) is 4.57. The molecule has 0 saturated heterocycles. The lowest BCUT2D eigenvalue weighted by atomic mass is 9.49. The van der Waals surface area contributed by atoms with Crippen LogP contribution in [0.2, 0.25) is 0 Å². The van der Waals surface area contributed by atoms with Crippen molar-refractivity contribution in [1.29, 1.82) is 0 Å². The molecule has 2 aliphatic carbocycles. The molecule has 0 amide bonds. The Morgan fingerprint density at radius 2 is 2.18 bits per heavy atom. The van der Waals surface area contributed by atoms with E-state index in [0.717, 1.165) is 12.8 Å². The molecule has 0 unspecified atom stereocenters. The van der Waals surface area contributed by atoms with Crippen LogP contribution >= 0.6 is 0 Å². The van der Waals surface area contributed by atoms with Gasteiger partial charge in [0.2, 0.25) is 0 Å². The van der Waals surface area contributed by atoms with Gasteiger partial charge in [0.05, 0.1) is 0 Å². The number of carbonyl (C=O) groups is 1. The molecular formula is C10H16O. The zero-order chi connectivity index (χ0) is 8.11.